The lowest BCUT2D eigenvalue weighted by molar-refractivity contribution is -0.143. The van der Waals surface area contributed by atoms with Crippen LogP contribution >= 0.6 is 0 Å². The summed E-state index contributed by atoms with van der Waals surface area (Å²) in [5.41, 5.74) is 7.47. The average Bonchev–Trinajstić information content (AvgIpc) is 3.22. The summed E-state index contributed by atoms with van der Waals surface area (Å²) in [6.45, 7) is 0.426. The van der Waals surface area contributed by atoms with E-state index >= 15 is 0 Å². The molecule has 0 aliphatic heterocycles. The molecule has 0 bridgehead atoms. The summed E-state index contributed by atoms with van der Waals surface area (Å²) < 4.78 is 0. The van der Waals surface area contributed by atoms with Crippen molar-refractivity contribution in [2.45, 2.75) is 81.7 Å². The first-order valence-electron chi connectivity index (χ1n) is 19.0. The smallest absolute Gasteiger partial charge is 0.325 e. The minimum atomic E-state index is -1.76. The summed E-state index contributed by atoms with van der Waals surface area (Å²) in [5, 5.41) is 51.8. The summed E-state index contributed by atoms with van der Waals surface area (Å²) in [4.78, 5) is 114. The second-order valence-electron chi connectivity index (χ2n) is 14.0. The lowest BCUT2D eigenvalue weighted by Gasteiger charge is -2.26. The quantitative estimate of drug-likeness (QED) is 0.0501. The molecule has 0 heterocycles. The number of nitrogens with one attached hydrogen (secondary N) is 6. The average molecular weight is 848 g/mol. The third kappa shape index (κ3) is 17.2. The van der Waals surface area contributed by atoms with Crippen molar-refractivity contribution in [2.75, 3.05) is 6.54 Å². The number of rotatable bonds is 24. The number of hydrogen-bond donors (Lipinski definition) is 11. The Morgan fingerprint density at radius 1 is 0.541 bits per heavy atom. The van der Waals surface area contributed by atoms with Crippen LogP contribution in [0.25, 0.3) is 0 Å². The minimum absolute atomic E-state index is 0.0317. The van der Waals surface area contributed by atoms with Crippen molar-refractivity contribution in [3.05, 3.63) is 102 Å². The van der Waals surface area contributed by atoms with E-state index in [0.717, 1.165) is 6.92 Å². The van der Waals surface area contributed by atoms with E-state index in [1.165, 1.54) is 24.3 Å². The fourth-order valence-corrected chi connectivity index (χ4v) is 5.72. The molecule has 0 saturated carbocycles. The maximum absolute atomic E-state index is 14.0. The number of carbonyl (C=O) groups excluding carboxylic acids is 6. The zero-order chi connectivity index (χ0) is 45.1. The molecule has 12 N–H and O–H groups in total. The van der Waals surface area contributed by atoms with E-state index in [1.54, 1.807) is 60.7 Å². The standard InChI is InChI=1S/C41H49N7O13/c1-23(41(60)61)44-38(57)32(21-35(53)54)48-40(59)31(19-25-10-6-3-7-11-25)47-39(58)30(20-26-12-14-27(49)15-13-26)45-33(50)22-43-37(56)29(18-24-8-4-2-5-9-24)46-36(55)28(42)16-17-34(51)52/h2-15,23,28-32,49H,16-22,42H2,1H3,(H,43,56)(H,44,57)(H,45,50)(H,46,55)(H,47,58)(H,48,59)(H,51,52)(H,53,54)(H,60,61)/t23-,28-,29-,30-,31-,32-/m0/s1. The van der Waals surface area contributed by atoms with Gasteiger partial charge in [-0.15, -0.1) is 0 Å². The second-order valence-corrected chi connectivity index (χ2v) is 14.0. The third-order valence-electron chi connectivity index (χ3n) is 9.03. The Kier molecular flexibility index (Phi) is 18.8. The maximum Gasteiger partial charge on any atom is 0.325 e. The predicted octanol–water partition coefficient (Wildman–Crippen LogP) is -1.27. The minimum Gasteiger partial charge on any atom is -0.508 e. The highest BCUT2D eigenvalue weighted by molar-refractivity contribution is 5.97. The molecule has 0 unspecified atom stereocenters. The third-order valence-corrected chi connectivity index (χ3v) is 9.03. The number of benzene rings is 3. The molecule has 0 fully saturated rings. The molecular formula is C41H49N7O13. The monoisotopic (exact) mass is 847 g/mol. The van der Waals surface area contributed by atoms with Gasteiger partial charge >= 0.3 is 17.9 Å². The van der Waals surface area contributed by atoms with Crippen LogP contribution in [-0.4, -0.2) is 117 Å². The van der Waals surface area contributed by atoms with Crippen molar-refractivity contribution < 1.29 is 63.6 Å². The van der Waals surface area contributed by atoms with E-state index in [2.05, 4.69) is 31.9 Å². The number of aromatic hydroxyl groups is 1. The van der Waals surface area contributed by atoms with Gasteiger partial charge < -0.3 is 58.1 Å². The van der Waals surface area contributed by atoms with Gasteiger partial charge in [0.2, 0.25) is 35.4 Å². The van der Waals surface area contributed by atoms with E-state index in [0.29, 0.717) is 16.7 Å². The topological polar surface area (TPSA) is 333 Å². The number of amides is 6. The van der Waals surface area contributed by atoms with E-state index in [9.17, 15) is 58.5 Å². The Bertz CT molecular complexity index is 2020. The second kappa shape index (κ2) is 23.9. The van der Waals surface area contributed by atoms with Gasteiger partial charge in [0.15, 0.2) is 0 Å². The molecule has 326 valence electrons. The summed E-state index contributed by atoms with van der Waals surface area (Å²) in [5.74, 6) is -9.72. The number of phenols is 1. The Balaban J connectivity index is 1.84. The van der Waals surface area contributed by atoms with Gasteiger partial charge in [0.05, 0.1) is 19.0 Å². The highest BCUT2D eigenvalue weighted by Crippen LogP contribution is 2.13. The van der Waals surface area contributed by atoms with Gasteiger partial charge in [0, 0.05) is 25.7 Å². The van der Waals surface area contributed by atoms with Crippen molar-refractivity contribution in [2.24, 2.45) is 5.73 Å². The Morgan fingerprint density at radius 3 is 1.48 bits per heavy atom. The van der Waals surface area contributed by atoms with Gasteiger partial charge in [0.25, 0.3) is 0 Å². The number of hydrogen-bond acceptors (Lipinski definition) is 11. The summed E-state index contributed by atoms with van der Waals surface area (Å²) in [6, 6.07) is 13.8. The highest BCUT2D eigenvalue weighted by Gasteiger charge is 2.32. The van der Waals surface area contributed by atoms with Crippen LogP contribution in [0.4, 0.5) is 0 Å². The first-order chi connectivity index (χ1) is 28.9. The Morgan fingerprint density at radius 2 is 0.984 bits per heavy atom. The molecule has 3 rings (SSSR count). The molecule has 0 aromatic heterocycles. The van der Waals surface area contributed by atoms with Crippen LogP contribution in [0.15, 0.2) is 84.9 Å². The van der Waals surface area contributed by atoms with Gasteiger partial charge in [-0.25, -0.2) is 0 Å². The number of phenolic OH excluding ortho intramolecular Hbond substituents is 1. The van der Waals surface area contributed by atoms with Gasteiger partial charge in [-0.3, -0.25) is 43.2 Å². The fraction of sp³-hybridized carbons (Fsp3) is 0.341. The summed E-state index contributed by atoms with van der Waals surface area (Å²) in [6.07, 6.45) is -1.95. The highest BCUT2D eigenvalue weighted by atomic mass is 16.4. The lowest BCUT2D eigenvalue weighted by Crippen LogP contribution is -2.59. The van der Waals surface area contributed by atoms with Gasteiger partial charge in [0.1, 0.15) is 36.0 Å². The molecule has 0 aliphatic rings. The van der Waals surface area contributed by atoms with Crippen LogP contribution < -0.4 is 37.6 Å². The zero-order valence-electron chi connectivity index (χ0n) is 33.0. The van der Waals surface area contributed by atoms with Crippen molar-refractivity contribution in [3.63, 3.8) is 0 Å². The van der Waals surface area contributed by atoms with Crippen molar-refractivity contribution >= 4 is 53.4 Å². The molecular weight excluding hydrogens is 798 g/mol. The Labute approximate surface area is 349 Å². The number of nitrogens with two attached hydrogens (primary N) is 1. The summed E-state index contributed by atoms with van der Waals surface area (Å²) in [7, 11) is 0. The normalized spacial score (nSPS) is 13.7. The largest absolute Gasteiger partial charge is 0.508 e. The molecule has 20 heteroatoms. The van der Waals surface area contributed by atoms with E-state index < -0.39 is 109 Å². The van der Waals surface area contributed by atoms with Crippen LogP contribution in [0.1, 0.15) is 42.9 Å². The van der Waals surface area contributed by atoms with E-state index in [4.69, 9.17) is 10.8 Å². The molecule has 6 amide bonds. The maximum atomic E-state index is 14.0. The van der Waals surface area contributed by atoms with Gasteiger partial charge in [-0.1, -0.05) is 72.8 Å². The molecule has 0 spiro atoms. The van der Waals surface area contributed by atoms with Crippen LogP contribution in [0, 0.1) is 0 Å². The lowest BCUT2D eigenvalue weighted by atomic mass is 10.0. The molecule has 61 heavy (non-hydrogen) atoms. The first-order valence-corrected chi connectivity index (χ1v) is 19.0. The molecule has 20 nitrogen and oxygen atoms in total. The van der Waals surface area contributed by atoms with Crippen LogP contribution in [0.5, 0.6) is 5.75 Å². The molecule has 6 atom stereocenters. The molecule has 0 saturated heterocycles. The molecule has 3 aromatic rings. The molecule has 0 aliphatic carbocycles. The number of aliphatic carboxylic acids is 3. The zero-order valence-corrected chi connectivity index (χ0v) is 33.0. The van der Waals surface area contributed by atoms with E-state index in [-0.39, 0.29) is 31.4 Å². The van der Waals surface area contributed by atoms with Crippen molar-refractivity contribution in [1.29, 1.82) is 0 Å². The van der Waals surface area contributed by atoms with Gasteiger partial charge in [-0.05, 0) is 42.2 Å². The summed E-state index contributed by atoms with van der Waals surface area (Å²) >= 11 is 0. The number of carboxylic acid groups (broad SMARTS) is 3. The molecule has 0 radical (unpaired) electrons. The van der Waals surface area contributed by atoms with Crippen LogP contribution in [0.2, 0.25) is 0 Å². The van der Waals surface area contributed by atoms with Crippen molar-refractivity contribution in [1.82, 2.24) is 31.9 Å². The van der Waals surface area contributed by atoms with Crippen LogP contribution in [-0.2, 0) is 62.4 Å². The predicted molar refractivity (Wildman–Crippen MR) is 215 cm³/mol. The number of carbonyl (C=O) groups is 9. The van der Waals surface area contributed by atoms with Crippen molar-refractivity contribution in [3.8, 4) is 5.75 Å². The SMILES string of the molecule is C[C@H](NC(=O)[C@H](CC(=O)O)NC(=O)[C@H](Cc1ccccc1)NC(=O)[C@H](Cc1ccc(O)cc1)NC(=O)CNC(=O)[C@H](Cc1ccccc1)NC(=O)[C@@H](N)CCC(=O)O)C(=O)O. The molecule has 3 aromatic carbocycles. The number of carboxylic acids is 3. The Hall–Kier alpha value is -7.35. The fourth-order valence-electron chi connectivity index (χ4n) is 5.72. The van der Waals surface area contributed by atoms with Crippen LogP contribution in [0.3, 0.4) is 0 Å². The van der Waals surface area contributed by atoms with Gasteiger partial charge in [-0.2, -0.15) is 0 Å². The first kappa shape index (κ1) is 48.0. The van der Waals surface area contributed by atoms with E-state index in [1.807, 2.05) is 0 Å².